The second kappa shape index (κ2) is 8.10. The average molecular weight is 384 g/mol. The Kier molecular flexibility index (Phi) is 5.62. The first-order valence-electron chi connectivity index (χ1n) is 8.28. The lowest BCUT2D eigenvalue weighted by molar-refractivity contribution is -0.119. The van der Waals surface area contributed by atoms with Gasteiger partial charge >= 0.3 is 5.97 Å². The van der Waals surface area contributed by atoms with Gasteiger partial charge in [-0.05, 0) is 47.5 Å². The third-order valence-corrected chi connectivity index (χ3v) is 4.57. The molecule has 3 aromatic carbocycles. The number of ether oxygens (including phenoxy) is 2. The lowest BCUT2D eigenvalue weighted by Gasteiger charge is -2.12. The van der Waals surface area contributed by atoms with Crippen LogP contribution in [-0.2, 0) is 9.53 Å². The van der Waals surface area contributed by atoms with Crippen LogP contribution < -0.4 is 10.1 Å². The van der Waals surface area contributed by atoms with Crippen molar-refractivity contribution < 1.29 is 19.1 Å². The van der Waals surface area contributed by atoms with Crippen LogP contribution in [0.5, 0.6) is 5.75 Å². The summed E-state index contributed by atoms with van der Waals surface area (Å²) >= 11 is 6.04. The van der Waals surface area contributed by atoms with Crippen LogP contribution in [0, 0.1) is 6.92 Å². The minimum Gasteiger partial charge on any atom is -0.496 e. The maximum atomic E-state index is 12.4. The molecule has 0 aliphatic rings. The number of halogens is 1. The van der Waals surface area contributed by atoms with E-state index in [9.17, 15) is 9.59 Å². The zero-order valence-electron chi connectivity index (χ0n) is 14.9. The van der Waals surface area contributed by atoms with E-state index in [0.717, 1.165) is 16.3 Å². The summed E-state index contributed by atoms with van der Waals surface area (Å²) in [5, 5.41) is 5.05. The normalized spacial score (nSPS) is 10.5. The number of carbonyl (C=O) groups excluding carboxylic acids is 2. The predicted octanol–water partition coefficient (Wildman–Crippen LogP) is 4.61. The first-order valence-corrected chi connectivity index (χ1v) is 8.66. The highest BCUT2D eigenvalue weighted by molar-refractivity contribution is 6.31. The number of carbonyl (C=O) groups is 2. The van der Waals surface area contributed by atoms with Gasteiger partial charge in [0.2, 0.25) is 0 Å². The Labute approximate surface area is 161 Å². The van der Waals surface area contributed by atoms with E-state index in [-0.39, 0.29) is 5.56 Å². The molecule has 0 aromatic heterocycles. The molecule has 0 radical (unpaired) electrons. The molecule has 0 spiro atoms. The van der Waals surface area contributed by atoms with Crippen LogP contribution in [0.3, 0.4) is 0 Å². The van der Waals surface area contributed by atoms with Gasteiger partial charge in [-0.1, -0.05) is 41.9 Å². The van der Waals surface area contributed by atoms with Crippen molar-refractivity contribution >= 4 is 39.9 Å². The third kappa shape index (κ3) is 4.20. The molecule has 0 atom stereocenters. The van der Waals surface area contributed by atoms with E-state index in [1.807, 2.05) is 24.3 Å². The highest BCUT2D eigenvalue weighted by atomic mass is 35.5. The fourth-order valence-electron chi connectivity index (χ4n) is 2.69. The number of rotatable bonds is 5. The van der Waals surface area contributed by atoms with Crippen LogP contribution in [0.2, 0.25) is 5.02 Å². The maximum absolute atomic E-state index is 12.4. The van der Waals surface area contributed by atoms with Gasteiger partial charge in [-0.3, -0.25) is 4.79 Å². The van der Waals surface area contributed by atoms with Gasteiger partial charge < -0.3 is 14.8 Å². The SMILES string of the molecule is COc1cc2ccccc2cc1C(=O)OCC(=O)Nc1cccc(Cl)c1C. The predicted molar refractivity (Wildman–Crippen MR) is 106 cm³/mol. The van der Waals surface area contributed by atoms with Crippen LogP contribution in [0.4, 0.5) is 5.69 Å². The zero-order valence-corrected chi connectivity index (χ0v) is 15.7. The topological polar surface area (TPSA) is 64.6 Å². The molecule has 138 valence electrons. The summed E-state index contributed by atoms with van der Waals surface area (Å²) in [6.07, 6.45) is 0. The monoisotopic (exact) mass is 383 g/mol. The van der Waals surface area contributed by atoms with E-state index in [4.69, 9.17) is 21.1 Å². The summed E-state index contributed by atoms with van der Waals surface area (Å²) in [6.45, 7) is 1.38. The van der Waals surface area contributed by atoms with Gasteiger partial charge in [0.25, 0.3) is 5.91 Å². The summed E-state index contributed by atoms with van der Waals surface area (Å²) in [5.41, 5.74) is 1.59. The van der Waals surface area contributed by atoms with E-state index in [1.54, 1.807) is 37.3 Å². The lowest BCUT2D eigenvalue weighted by atomic mass is 10.1. The highest BCUT2D eigenvalue weighted by Gasteiger charge is 2.17. The lowest BCUT2D eigenvalue weighted by Crippen LogP contribution is -2.21. The van der Waals surface area contributed by atoms with Crippen LogP contribution in [-0.4, -0.2) is 25.6 Å². The summed E-state index contributed by atoms with van der Waals surface area (Å²) in [7, 11) is 1.48. The average Bonchev–Trinajstić information content (AvgIpc) is 2.68. The molecular formula is C21H18ClNO4. The summed E-state index contributed by atoms with van der Waals surface area (Å²) in [5.74, 6) is -0.686. The van der Waals surface area contributed by atoms with Crippen molar-refractivity contribution in [2.24, 2.45) is 0 Å². The molecular weight excluding hydrogens is 366 g/mol. The standard InChI is InChI=1S/C21H18ClNO4/c1-13-17(22)8-5-9-18(13)23-20(24)12-27-21(25)16-10-14-6-3-4-7-15(14)11-19(16)26-2/h3-11H,12H2,1-2H3,(H,23,24). The van der Waals surface area contributed by atoms with Gasteiger partial charge in [0.15, 0.2) is 6.61 Å². The second-order valence-electron chi connectivity index (χ2n) is 5.94. The molecule has 0 saturated heterocycles. The smallest absolute Gasteiger partial charge is 0.342 e. The van der Waals surface area contributed by atoms with Gasteiger partial charge in [0, 0.05) is 10.7 Å². The Morgan fingerprint density at radius 3 is 2.44 bits per heavy atom. The Balaban J connectivity index is 1.71. The van der Waals surface area contributed by atoms with Crippen LogP contribution in [0.1, 0.15) is 15.9 Å². The van der Waals surface area contributed by atoms with E-state index >= 15 is 0 Å². The molecule has 3 rings (SSSR count). The van der Waals surface area contributed by atoms with Crippen molar-refractivity contribution in [3.05, 3.63) is 70.7 Å². The first-order chi connectivity index (χ1) is 13.0. The molecule has 1 amide bonds. The number of benzene rings is 3. The van der Waals surface area contributed by atoms with Crippen molar-refractivity contribution in [1.29, 1.82) is 0 Å². The summed E-state index contributed by atoms with van der Waals surface area (Å²) in [4.78, 5) is 24.6. The molecule has 0 unspecified atom stereocenters. The van der Waals surface area contributed by atoms with E-state index in [0.29, 0.717) is 16.5 Å². The maximum Gasteiger partial charge on any atom is 0.342 e. The molecule has 27 heavy (non-hydrogen) atoms. The molecule has 0 fully saturated rings. The number of amides is 1. The van der Waals surface area contributed by atoms with E-state index in [1.165, 1.54) is 7.11 Å². The van der Waals surface area contributed by atoms with Crippen molar-refractivity contribution in [3.63, 3.8) is 0 Å². The fourth-order valence-corrected chi connectivity index (χ4v) is 2.86. The van der Waals surface area contributed by atoms with Gasteiger partial charge in [0.1, 0.15) is 11.3 Å². The Hall–Kier alpha value is -3.05. The number of hydrogen-bond donors (Lipinski definition) is 1. The Morgan fingerprint density at radius 2 is 1.74 bits per heavy atom. The molecule has 3 aromatic rings. The van der Waals surface area contributed by atoms with E-state index < -0.39 is 18.5 Å². The summed E-state index contributed by atoms with van der Waals surface area (Å²) in [6, 6.07) is 16.3. The first kappa shape index (κ1) is 18.7. The van der Waals surface area contributed by atoms with Crippen LogP contribution >= 0.6 is 11.6 Å². The quantitative estimate of drug-likeness (QED) is 0.653. The molecule has 0 saturated carbocycles. The van der Waals surface area contributed by atoms with Crippen LogP contribution in [0.25, 0.3) is 10.8 Å². The number of anilines is 1. The van der Waals surface area contributed by atoms with Crippen LogP contribution in [0.15, 0.2) is 54.6 Å². The van der Waals surface area contributed by atoms with Gasteiger partial charge in [-0.15, -0.1) is 0 Å². The number of nitrogens with one attached hydrogen (secondary N) is 1. The zero-order chi connectivity index (χ0) is 19.4. The number of fused-ring (bicyclic) bond motifs is 1. The number of hydrogen-bond acceptors (Lipinski definition) is 4. The van der Waals surface area contributed by atoms with Gasteiger partial charge in [-0.25, -0.2) is 4.79 Å². The molecule has 1 N–H and O–H groups in total. The fraction of sp³-hybridized carbons (Fsp3) is 0.143. The molecule has 0 aliphatic carbocycles. The van der Waals surface area contributed by atoms with Crippen molar-refractivity contribution in [1.82, 2.24) is 0 Å². The molecule has 0 bridgehead atoms. The minimum absolute atomic E-state index is 0.267. The van der Waals surface area contributed by atoms with Crippen molar-refractivity contribution in [3.8, 4) is 5.75 Å². The van der Waals surface area contributed by atoms with Gasteiger partial charge in [-0.2, -0.15) is 0 Å². The summed E-state index contributed by atoms with van der Waals surface area (Å²) < 4.78 is 10.4. The third-order valence-electron chi connectivity index (χ3n) is 4.16. The van der Waals surface area contributed by atoms with E-state index in [2.05, 4.69) is 5.32 Å². The molecule has 0 aliphatic heterocycles. The Morgan fingerprint density at radius 1 is 1.04 bits per heavy atom. The molecule has 0 heterocycles. The minimum atomic E-state index is -0.629. The number of methoxy groups -OCH3 is 1. The van der Waals surface area contributed by atoms with Crippen molar-refractivity contribution in [2.75, 3.05) is 19.0 Å². The largest absolute Gasteiger partial charge is 0.496 e. The Bertz CT molecular complexity index is 1020. The second-order valence-corrected chi connectivity index (χ2v) is 6.34. The molecule has 6 heteroatoms. The number of esters is 1. The van der Waals surface area contributed by atoms with Crippen molar-refractivity contribution in [2.45, 2.75) is 6.92 Å². The van der Waals surface area contributed by atoms with Gasteiger partial charge in [0.05, 0.1) is 7.11 Å². The highest BCUT2D eigenvalue weighted by Crippen LogP contribution is 2.27. The molecule has 5 nitrogen and oxygen atoms in total.